The molecule has 2 heterocycles. The standard InChI is InChI=1S/C63H66N4O/c1-37-26-40(4)59(41(5)27-37)50-35-54(55(66-61-44(8)30-39(3)31-45(61)9)36-51(50)60-42(6)28-38(2)29-43(60)7)65-47-18-17-19-48(33-47)68-49-22-23-53-57(34-49)67(56-21-16-15-20-52(56)63(53,13)14)58-32-46(24-25-64-58)62(10,11)12/h15-36,65-66H,1-14H3. The van der Waals surface area contributed by atoms with Gasteiger partial charge in [0, 0.05) is 35.1 Å². The van der Waals surface area contributed by atoms with Crippen LogP contribution >= 0.6 is 0 Å². The smallest absolute Gasteiger partial charge is 0.137 e. The Balaban J connectivity index is 1.16. The number of nitrogens with one attached hydrogen (secondary N) is 2. The lowest BCUT2D eigenvalue weighted by Crippen LogP contribution is -2.31. The molecule has 68 heavy (non-hydrogen) atoms. The zero-order valence-corrected chi connectivity index (χ0v) is 42.5. The van der Waals surface area contributed by atoms with E-state index in [-0.39, 0.29) is 10.8 Å². The Morgan fingerprint density at radius 2 is 1.03 bits per heavy atom. The number of pyridine rings is 1. The Morgan fingerprint density at radius 1 is 0.500 bits per heavy atom. The number of hydrogen-bond acceptors (Lipinski definition) is 5. The number of aryl methyl sites for hydroxylation is 9. The van der Waals surface area contributed by atoms with Crippen LogP contribution in [0.15, 0.2) is 134 Å². The second-order valence-corrected chi connectivity index (χ2v) is 21.0. The highest BCUT2D eigenvalue weighted by Gasteiger charge is 2.38. The zero-order chi connectivity index (χ0) is 48.4. The van der Waals surface area contributed by atoms with E-state index in [0.29, 0.717) is 0 Å². The molecule has 0 unspecified atom stereocenters. The van der Waals surface area contributed by atoms with Crippen molar-refractivity contribution in [3.05, 3.63) is 200 Å². The Morgan fingerprint density at radius 3 is 1.62 bits per heavy atom. The minimum atomic E-state index is -0.241. The van der Waals surface area contributed by atoms with Crippen LogP contribution in [0.4, 0.5) is 39.9 Å². The molecule has 7 aromatic carbocycles. The van der Waals surface area contributed by atoms with Gasteiger partial charge in [-0.15, -0.1) is 0 Å². The number of anilines is 7. The fraction of sp³-hybridized carbons (Fsp3) is 0.254. The lowest BCUT2D eigenvalue weighted by atomic mass is 9.73. The number of fused-ring (bicyclic) bond motifs is 2. The van der Waals surface area contributed by atoms with E-state index >= 15 is 0 Å². The molecule has 1 aliphatic heterocycles. The largest absolute Gasteiger partial charge is 0.457 e. The van der Waals surface area contributed by atoms with E-state index in [2.05, 4.69) is 234 Å². The van der Waals surface area contributed by atoms with E-state index in [0.717, 1.165) is 51.4 Å². The summed E-state index contributed by atoms with van der Waals surface area (Å²) >= 11 is 0. The molecule has 0 aliphatic carbocycles. The third kappa shape index (κ3) is 8.67. The molecule has 0 saturated carbocycles. The van der Waals surface area contributed by atoms with Gasteiger partial charge in [-0.05, 0) is 189 Å². The number of hydrogen-bond donors (Lipinski definition) is 2. The van der Waals surface area contributed by atoms with Crippen molar-refractivity contribution in [2.45, 2.75) is 108 Å². The van der Waals surface area contributed by atoms with Gasteiger partial charge in [0.15, 0.2) is 0 Å². The lowest BCUT2D eigenvalue weighted by molar-refractivity contribution is 0.482. The second-order valence-electron chi connectivity index (χ2n) is 21.0. The maximum atomic E-state index is 6.86. The third-order valence-corrected chi connectivity index (χ3v) is 13.9. The minimum absolute atomic E-state index is 0.0319. The minimum Gasteiger partial charge on any atom is -0.457 e. The van der Waals surface area contributed by atoms with Crippen LogP contribution in [0.1, 0.15) is 101 Å². The molecule has 0 radical (unpaired) electrons. The Hall–Kier alpha value is -7.11. The first-order valence-corrected chi connectivity index (χ1v) is 24.0. The molecule has 5 nitrogen and oxygen atoms in total. The molecule has 1 aromatic heterocycles. The molecule has 9 rings (SSSR count). The molecule has 0 atom stereocenters. The third-order valence-electron chi connectivity index (χ3n) is 13.9. The molecular weight excluding hydrogens is 829 g/mol. The average molecular weight is 895 g/mol. The molecule has 0 saturated heterocycles. The quantitative estimate of drug-likeness (QED) is 0.151. The van der Waals surface area contributed by atoms with Gasteiger partial charge >= 0.3 is 0 Å². The number of rotatable bonds is 9. The molecule has 0 fully saturated rings. The van der Waals surface area contributed by atoms with Crippen molar-refractivity contribution in [1.29, 1.82) is 0 Å². The van der Waals surface area contributed by atoms with Gasteiger partial charge in [0.25, 0.3) is 0 Å². The topological polar surface area (TPSA) is 49.4 Å². The number of para-hydroxylation sites is 1. The summed E-state index contributed by atoms with van der Waals surface area (Å²) in [5.41, 5.74) is 25.8. The molecule has 344 valence electrons. The van der Waals surface area contributed by atoms with Crippen molar-refractivity contribution in [2.75, 3.05) is 15.5 Å². The Labute approximate surface area is 405 Å². The van der Waals surface area contributed by atoms with Gasteiger partial charge in [0.2, 0.25) is 0 Å². The SMILES string of the molecule is Cc1cc(C)c(Nc2cc(-c3c(C)cc(C)cc3C)c(-c3c(C)cc(C)cc3C)cc2Nc2cccc(Oc3ccc4c(c3)N(c3cc(C(C)(C)C)ccn3)c3ccccc3C4(C)C)c2)c(C)c1. The molecule has 0 spiro atoms. The first-order chi connectivity index (χ1) is 32.3. The Kier molecular flexibility index (Phi) is 11.9. The summed E-state index contributed by atoms with van der Waals surface area (Å²) in [5.74, 6) is 2.37. The summed E-state index contributed by atoms with van der Waals surface area (Å²) in [7, 11) is 0. The van der Waals surface area contributed by atoms with E-state index in [1.807, 2.05) is 12.3 Å². The second kappa shape index (κ2) is 17.5. The molecule has 1 aliphatic rings. The zero-order valence-electron chi connectivity index (χ0n) is 42.5. The van der Waals surface area contributed by atoms with E-state index in [9.17, 15) is 0 Å². The first kappa shape index (κ1) is 46.0. The van der Waals surface area contributed by atoms with Crippen LogP contribution in [-0.2, 0) is 10.8 Å². The summed E-state index contributed by atoms with van der Waals surface area (Å²) in [4.78, 5) is 7.28. The van der Waals surface area contributed by atoms with Gasteiger partial charge in [-0.2, -0.15) is 0 Å². The number of nitrogens with zero attached hydrogens (tertiary/aromatic N) is 2. The van der Waals surface area contributed by atoms with Crippen molar-refractivity contribution in [2.24, 2.45) is 0 Å². The number of ether oxygens (including phenoxy) is 1. The monoisotopic (exact) mass is 895 g/mol. The number of aromatic nitrogens is 1. The predicted octanol–water partition coefficient (Wildman–Crippen LogP) is 17.9. The van der Waals surface area contributed by atoms with Crippen molar-refractivity contribution in [3.8, 4) is 33.8 Å². The van der Waals surface area contributed by atoms with Crippen LogP contribution in [-0.4, -0.2) is 4.98 Å². The van der Waals surface area contributed by atoms with Crippen LogP contribution in [0.5, 0.6) is 11.5 Å². The molecule has 8 aromatic rings. The molecule has 2 N–H and O–H groups in total. The van der Waals surface area contributed by atoms with Gasteiger partial charge in [-0.1, -0.05) is 118 Å². The van der Waals surface area contributed by atoms with E-state index < -0.39 is 0 Å². The summed E-state index contributed by atoms with van der Waals surface area (Å²) in [6.07, 6.45) is 1.94. The Bertz CT molecular complexity index is 3210. The maximum absolute atomic E-state index is 6.86. The van der Waals surface area contributed by atoms with Crippen LogP contribution in [0.2, 0.25) is 0 Å². The summed E-state index contributed by atoms with van der Waals surface area (Å²) in [6.45, 7) is 31.3. The molecular formula is C63H66N4O. The summed E-state index contributed by atoms with van der Waals surface area (Å²) < 4.78 is 6.86. The van der Waals surface area contributed by atoms with Gasteiger partial charge in [0.05, 0.1) is 22.7 Å². The van der Waals surface area contributed by atoms with Crippen molar-refractivity contribution in [1.82, 2.24) is 4.98 Å². The van der Waals surface area contributed by atoms with Crippen molar-refractivity contribution < 1.29 is 4.74 Å². The highest BCUT2D eigenvalue weighted by molar-refractivity contribution is 5.96. The van der Waals surface area contributed by atoms with E-state index in [4.69, 9.17) is 9.72 Å². The normalized spacial score (nSPS) is 12.9. The van der Waals surface area contributed by atoms with E-state index in [1.165, 1.54) is 89.0 Å². The first-order valence-electron chi connectivity index (χ1n) is 24.0. The average Bonchev–Trinajstić information content (AvgIpc) is 3.25. The lowest BCUT2D eigenvalue weighted by Gasteiger charge is -2.41. The fourth-order valence-electron chi connectivity index (χ4n) is 10.9. The highest BCUT2D eigenvalue weighted by Crippen LogP contribution is 2.53. The molecule has 0 bridgehead atoms. The predicted molar refractivity (Wildman–Crippen MR) is 289 cm³/mol. The van der Waals surface area contributed by atoms with Crippen LogP contribution in [0.3, 0.4) is 0 Å². The van der Waals surface area contributed by atoms with Gasteiger partial charge in [0.1, 0.15) is 17.3 Å². The van der Waals surface area contributed by atoms with Crippen LogP contribution in [0.25, 0.3) is 22.3 Å². The summed E-state index contributed by atoms with van der Waals surface area (Å²) in [6, 6.07) is 46.3. The number of benzene rings is 7. The van der Waals surface area contributed by atoms with Crippen LogP contribution < -0.4 is 20.3 Å². The van der Waals surface area contributed by atoms with Crippen molar-refractivity contribution >= 4 is 39.9 Å². The van der Waals surface area contributed by atoms with Crippen LogP contribution in [0, 0.1) is 62.3 Å². The highest BCUT2D eigenvalue weighted by atomic mass is 16.5. The molecule has 0 amide bonds. The van der Waals surface area contributed by atoms with Gasteiger partial charge < -0.3 is 15.4 Å². The van der Waals surface area contributed by atoms with Gasteiger partial charge in [-0.3, -0.25) is 4.90 Å². The fourth-order valence-corrected chi connectivity index (χ4v) is 10.9. The summed E-state index contributed by atoms with van der Waals surface area (Å²) in [5, 5.41) is 7.86. The molecule has 5 heteroatoms. The van der Waals surface area contributed by atoms with E-state index in [1.54, 1.807) is 0 Å². The van der Waals surface area contributed by atoms with Crippen molar-refractivity contribution in [3.63, 3.8) is 0 Å². The van der Waals surface area contributed by atoms with Gasteiger partial charge in [-0.25, -0.2) is 4.98 Å². The maximum Gasteiger partial charge on any atom is 0.137 e.